The lowest BCUT2D eigenvalue weighted by atomic mass is 9.93. The molecule has 0 saturated heterocycles. The molecule has 0 bridgehead atoms. The summed E-state index contributed by atoms with van der Waals surface area (Å²) in [5.41, 5.74) is 1.21. The highest BCUT2D eigenvalue weighted by atomic mass is 16.5. The van der Waals surface area contributed by atoms with Gasteiger partial charge in [0.15, 0.2) is 0 Å². The minimum absolute atomic E-state index is 0.325. The van der Waals surface area contributed by atoms with E-state index in [4.69, 9.17) is 9.84 Å². The van der Waals surface area contributed by atoms with Crippen LogP contribution in [0.5, 0.6) is 0 Å². The van der Waals surface area contributed by atoms with E-state index >= 15 is 0 Å². The summed E-state index contributed by atoms with van der Waals surface area (Å²) in [5, 5.41) is 12.3. The molecule has 1 fully saturated rings. The predicted octanol–water partition coefficient (Wildman–Crippen LogP) is 2.75. The molecule has 0 heterocycles. The van der Waals surface area contributed by atoms with Crippen molar-refractivity contribution in [3.05, 3.63) is 29.8 Å². The summed E-state index contributed by atoms with van der Waals surface area (Å²) in [6.07, 6.45) is 4.64. The molecule has 0 amide bonds. The average Bonchev–Trinajstić information content (AvgIpc) is 2.40. The molecular weight excluding hydrogens is 230 g/mol. The molecule has 4 nitrogen and oxygen atoms in total. The molecule has 1 aromatic rings. The van der Waals surface area contributed by atoms with E-state index in [0.29, 0.717) is 17.7 Å². The van der Waals surface area contributed by atoms with Gasteiger partial charge in [0, 0.05) is 18.8 Å². The second-order valence-electron chi connectivity index (χ2n) is 4.74. The Balaban J connectivity index is 1.94. The Morgan fingerprint density at radius 1 is 1.33 bits per heavy atom. The van der Waals surface area contributed by atoms with E-state index in [9.17, 15) is 4.79 Å². The Kier molecular flexibility index (Phi) is 4.20. The number of rotatable bonds is 4. The smallest absolute Gasteiger partial charge is 0.335 e. The monoisotopic (exact) mass is 249 g/mol. The van der Waals surface area contributed by atoms with E-state index in [1.165, 1.54) is 0 Å². The van der Waals surface area contributed by atoms with Crippen molar-refractivity contribution in [3.63, 3.8) is 0 Å². The summed E-state index contributed by atoms with van der Waals surface area (Å²) >= 11 is 0. The van der Waals surface area contributed by atoms with Crippen LogP contribution in [0.3, 0.4) is 0 Å². The lowest BCUT2D eigenvalue weighted by molar-refractivity contribution is 0.0682. The Labute approximate surface area is 107 Å². The number of carboxylic acid groups (broad SMARTS) is 1. The van der Waals surface area contributed by atoms with E-state index < -0.39 is 5.97 Å². The maximum Gasteiger partial charge on any atom is 0.335 e. The molecule has 0 unspecified atom stereocenters. The number of ether oxygens (including phenoxy) is 1. The molecule has 4 heteroatoms. The van der Waals surface area contributed by atoms with Gasteiger partial charge < -0.3 is 15.2 Å². The average molecular weight is 249 g/mol. The highest BCUT2D eigenvalue weighted by molar-refractivity contribution is 5.88. The van der Waals surface area contributed by atoms with Crippen molar-refractivity contribution in [1.29, 1.82) is 0 Å². The van der Waals surface area contributed by atoms with Crippen LogP contribution in [0.4, 0.5) is 5.69 Å². The highest BCUT2D eigenvalue weighted by Crippen LogP contribution is 2.24. The summed E-state index contributed by atoms with van der Waals surface area (Å²) < 4.78 is 5.33. The first-order chi connectivity index (χ1) is 8.69. The van der Waals surface area contributed by atoms with Crippen LogP contribution >= 0.6 is 0 Å². The van der Waals surface area contributed by atoms with Crippen molar-refractivity contribution in [2.45, 2.75) is 37.8 Å². The Bertz CT molecular complexity index is 411. The van der Waals surface area contributed by atoms with Crippen LogP contribution in [-0.4, -0.2) is 30.3 Å². The standard InChI is InChI=1S/C14H19NO3/c1-18-13-7-5-11(6-8-13)15-12-4-2-3-10(9-12)14(16)17/h2-4,9,11,13,15H,5-8H2,1H3,(H,16,17). The molecular formula is C14H19NO3. The first kappa shape index (κ1) is 12.9. The van der Waals surface area contributed by atoms with Gasteiger partial charge in [-0.1, -0.05) is 6.07 Å². The van der Waals surface area contributed by atoms with E-state index in [2.05, 4.69) is 5.32 Å². The molecule has 2 N–H and O–H groups in total. The molecule has 18 heavy (non-hydrogen) atoms. The van der Waals surface area contributed by atoms with Crippen LogP contribution in [0.25, 0.3) is 0 Å². The third kappa shape index (κ3) is 3.23. The van der Waals surface area contributed by atoms with E-state index in [1.54, 1.807) is 25.3 Å². The third-order valence-corrected chi connectivity index (χ3v) is 3.49. The van der Waals surface area contributed by atoms with Crippen LogP contribution in [0, 0.1) is 0 Å². The number of anilines is 1. The quantitative estimate of drug-likeness (QED) is 0.861. The minimum Gasteiger partial charge on any atom is -0.478 e. The first-order valence-electron chi connectivity index (χ1n) is 6.31. The van der Waals surface area contributed by atoms with Crippen molar-refractivity contribution >= 4 is 11.7 Å². The minimum atomic E-state index is -0.887. The fourth-order valence-electron chi connectivity index (χ4n) is 2.42. The van der Waals surface area contributed by atoms with Gasteiger partial charge in [0.05, 0.1) is 11.7 Å². The zero-order valence-corrected chi connectivity index (χ0v) is 10.6. The van der Waals surface area contributed by atoms with Crippen molar-refractivity contribution in [2.75, 3.05) is 12.4 Å². The summed E-state index contributed by atoms with van der Waals surface area (Å²) in [6, 6.07) is 7.39. The maximum absolute atomic E-state index is 10.9. The lowest BCUT2D eigenvalue weighted by Gasteiger charge is -2.29. The fraction of sp³-hybridized carbons (Fsp3) is 0.500. The molecule has 0 atom stereocenters. The topological polar surface area (TPSA) is 58.6 Å². The Morgan fingerprint density at radius 2 is 2.06 bits per heavy atom. The molecule has 1 aliphatic carbocycles. The number of benzene rings is 1. The normalized spacial score (nSPS) is 23.6. The summed E-state index contributed by atoms with van der Waals surface area (Å²) in [7, 11) is 1.76. The zero-order chi connectivity index (χ0) is 13.0. The fourth-order valence-corrected chi connectivity index (χ4v) is 2.42. The summed E-state index contributed by atoms with van der Waals surface area (Å²) in [5.74, 6) is -0.887. The van der Waals surface area contributed by atoms with Gasteiger partial charge in [-0.15, -0.1) is 0 Å². The molecule has 1 aliphatic rings. The van der Waals surface area contributed by atoms with Crippen LogP contribution < -0.4 is 5.32 Å². The van der Waals surface area contributed by atoms with Crippen molar-refractivity contribution in [2.24, 2.45) is 0 Å². The van der Waals surface area contributed by atoms with Crippen molar-refractivity contribution in [1.82, 2.24) is 0 Å². The molecule has 0 aromatic heterocycles. The van der Waals surface area contributed by atoms with Gasteiger partial charge in [0.25, 0.3) is 0 Å². The van der Waals surface area contributed by atoms with E-state index in [0.717, 1.165) is 31.4 Å². The number of nitrogens with one attached hydrogen (secondary N) is 1. The van der Waals surface area contributed by atoms with Gasteiger partial charge in [0.2, 0.25) is 0 Å². The third-order valence-electron chi connectivity index (χ3n) is 3.49. The summed E-state index contributed by atoms with van der Waals surface area (Å²) in [4.78, 5) is 10.9. The number of aromatic carboxylic acids is 1. The van der Waals surface area contributed by atoms with Crippen LogP contribution in [0.2, 0.25) is 0 Å². The first-order valence-corrected chi connectivity index (χ1v) is 6.31. The van der Waals surface area contributed by atoms with Crippen molar-refractivity contribution < 1.29 is 14.6 Å². The van der Waals surface area contributed by atoms with Gasteiger partial charge in [-0.2, -0.15) is 0 Å². The molecule has 0 aliphatic heterocycles. The van der Waals surface area contributed by atoms with Gasteiger partial charge >= 0.3 is 5.97 Å². The molecule has 2 rings (SSSR count). The van der Waals surface area contributed by atoms with Crippen LogP contribution in [0.1, 0.15) is 36.0 Å². The van der Waals surface area contributed by atoms with Gasteiger partial charge in [0.1, 0.15) is 0 Å². The molecule has 1 aromatic carbocycles. The number of carbonyl (C=O) groups is 1. The summed E-state index contributed by atoms with van der Waals surface area (Å²) in [6.45, 7) is 0. The van der Waals surface area contributed by atoms with Crippen LogP contribution in [-0.2, 0) is 4.74 Å². The van der Waals surface area contributed by atoms with E-state index in [1.807, 2.05) is 6.07 Å². The molecule has 98 valence electrons. The van der Waals surface area contributed by atoms with Gasteiger partial charge in [-0.3, -0.25) is 0 Å². The van der Waals surface area contributed by atoms with Gasteiger partial charge in [-0.05, 0) is 43.9 Å². The highest BCUT2D eigenvalue weighted by Gasteiger charge is 2.20. The van der Waals surface area contributed by atoms with Gasteiger partial charge in [-0.25, -0.2) is 4.79 Å². The van der Waals surface area contributed by atoms with Crippen molar-refractivity contribution in [3.8, 4) is 0 Å². The SMILES string of the molecule is COC1CCC(Nc2cccc(C(=O)O)c2)CC1. The lowest BCUT2D eigenvalue weighted by Crippen LogP contribution is -2.29. The predicted molar refractivity (Wildman–Crippen MR) is 70.1 cm³/mol. The zero-order valence-electron chi connectivity index (χ0n) is 10.6. The van der Waals surface area contributed by atoms with Crippen LogP contribution in [0.15, 0.2) is 24.3 Å². The Morgan fingerprint density at radius 3 is 2.67 bits per heavy atom. The number of hydrogen-bond donors (Lipinski definition) is 2. The number of carboxylic acids is 1. The second kappa shape index (κ2) is 5.87. The number of methoxy groups -OCH3 is 1. The number of hydrogen-bond acceptors (Lipinski definition) is 3. The second-order valence-corrected chi connectivity index (χ2v) is 4.74. The maximum atomic E-state index is 10.9. The Hall–Kier alpha value is -1.55. The molecule has 1 saturated carbocycles. The largest absolute Gasteiger partial charge is 0.478 e. The molecule has 0 spiro atoms. The van der Waals surface area contributed by atoms with E-state index in [-0.39, 0.29) is 0 Å². The molecule has 0 radical (unpaired) electrons.